The Morgan fingerprint density at radius 3 is 2.48 bits per heavy atom. The quantitative estimate of drug-likeness (QED) is 0.298. The summed E-state index contributed by atoms with van der Waals surface area (Å²) in [5.41, 5.74) is 3.28. The van der Waals surface area contributed by atoms with Gasteiger partial charge in [-0.1, -0.05) is 43.2 Å². The highest BCUT2D eigenvalue weighted by molar-refractivity contribution is 7.92. The standard InChI is InChI=1S/C32H35FN6O4S/c1-21-8-6-9-22(2)29(21)27-17-28(36-31(35-27)37-44(41,42)26-18-34-38(3)20-26)43-25-12-15-39(19-25)30(40)32(13-4-5-14-32)23-10-7-11-24(33)16-23/h6-11,16-18,20,25H,4-5,12-15,19H2,1-3H3,(H,35,36,37). The number of halogens is 1. The molecule has 2 aromatic carbocycles. The van der Waals surface area contributed by atoms with Crippen molar-refractivity contribution in [2.24, 2.45) is 7.05 Å². The third kappa shape index (κ3) is 5.78. The second-order valence-corrected chi connectivity index (χ2v) is 13.4. The second-order valence-electron chi connectivity index (χ2n) is 11.7. The number of nitrogens with one attached hydrogen (secondary N) is 1. The van der Waals surface area contributed by atoms with Gasteiger partial charge in [0.15, 0.2) is 0 Å². The Balaban J connectivity index is 1.27. The summed E-state index contributed by atoms with van der Waals surface area (Å²) >= 11 is 0. The van der Waals surface area contributed by atoms with Gasteiger partial charge in [0, 0.05) is 37.8 Å². The normalized spacial score (nSPS) is 18.0. The maximum absolute atomic E-state index is 14.2. The van der Waals surface area contributed by atoms with Crippen LogP contribution in [0.1, 0.15) is 48.8 Å². The Kier molecular flexibility index (Phi) is 7.87. The molecule has 0 bridgehead atoms. The van der Waals surface area contributed by atoms with Crippen molar-refractivity contribution in [2.75, 3.05) is 17.8 Å². The molecule has 1 unspecified atom stereocenters. The zero-order valence-corrected chi connectivity index (χ0v) is 25.8. The molecule has 2 aliphatic rings. The molecule has 1 atom stereocenters. The summed E-state index contributed by atoms with van der Waals surface area (Å²) in [6.07, 6.45) is 6.04. The largest absolute Gasteiger partial charge is 0.472 e. The summed E-state index contributed by atoms with van der Waals surface area (Å²) in [4.78, 5) is 24.7. The van der Waals surface area contributed by atoms with Crippen molar-refractivity contribution < 1.29 is 22.3 Å². The van der Waals surface area contributed by atoms with Gasteiger partial charge in [-0.3, -0.25) is 9.48 Å². The van der Waals surface area contributed by atoms with Gasteiger partial charge in [-0.2, -0.15) is 10.1 Å². The fourth-order valence-corrected chi connectivity index (χ4v) is 7.39. The lowest BCUT2D eigenvalue weighted by molar-refractivity contribution is -0.136. The van der Waals surface area contributed by atoms with E-state index in [-0.39, 0.29) is 34.6 Å². The molecule has 44 heavy (non-hydrogen) atoms. The molecular formula is C32H35FN6O4S. The van der Waals surface area contributed by atoms with Crippen LogP contribution in [0.5, 0.6) is 5.88 Å². The van der Waals surface area contributed by atoms with E-state index < -0.39 is 15.4 Å². The van der Waals surface area contributed by atoms with Crippen molar-refractivity contribution in [3.05, 3.63) is 83.4 Å². The Labute approximate surface area is 256 Å². The van der Waals surface area contributed by atoms with E-state index in [9.17, 15) is 17.6 Å². The molecule has 3 heterocycles. The third-order valence-electron chi connectivity index (χ3n) is 8.62. The number of anilines is 1. The topological polar surface area (TPSA) is 119 Å². The van der Waals surface area contributed by atoms with Gasteiger partial charge in [-0.25, -0.2) is 22.5 Å². The molecule has 2 aromatic heterocycles. The zero-order valence-electron chi connectivity index (χ0n) is 25.0. The molecule has 1 saturated carbocycles. The molecule has 1 aliphatic carbocycles. The number of amides is 1. The van der Waals surface area contributed by atoms with Crippen molar-refractivity contribution in [3.8, 4) is 17.1 Å². The number of ether oxygens (including phenoxy) is 1. The van der Waals surface area contributed by atoms with Crippen molar-refractivity contribution >= 4 is 21.9 Å². The van der Waals surface area contributed by atoms with Crippen LogP contribution >= 0.6 is 0 Å². The fraction of sp³-hybridized carbons (Fsp3) is 0.375. The van der Waals surface area contributed by atoms with Crippen molar-refractivity contribution in [1.82, 2.24) is 24.6 Å². The number of hydrogen-bond acceptors (Lipinski definition) is 7. The van der Waals surface area contributed by atoms with E-state index >= 15 is 0 Å². The summed E-state index contributed by atoms with van der Waals surface area (Å²) in [5, 5.41) is 3.96. The molecule has 2 fully saturated rings. The van der Waals surface area contributed by atoms with Crippen molar-refractivity contribution in [3.63, 3.8) is 0 Å². The summed E-state index contributed by atoms with van der Waals surface area (Å²) in [7, 11) is -2.38. The number of nitrogens with zero attached hydrogens (tertiary/aromatic N) is 5. The number of aryl methyl sites for hydroxylation is 3. The van der Waals surface area contributed by atoms with Gasteiger partial charge in [-0.15, -0.1) is 0 Å². The van der Waals surface area contributed by atoms with Gasteiger partial charge in [0.25, 0.3) is 10.0 Å². The molecule has 1 aliphatic heterocycles. The van der Waals surface area contributed by atoms with E-state index in [0.717, 1.165) is 35.1 Å². The predicted molar refractivity (Wildman–Crippen MR) is 163 cm³/mol. The van der Waals surface area contributed by atoms with E-state index in [4.69, 9.17) is 4.74 Å². The molecule has 1 N–H and O–H groups in total. The van der Waals surface area contributed by atoms with Crippen LogP contribution < -0.4 is 9.46 Å². The molecule has 230 valence electrons. The molecule has 1 amide bonds. The van der Waals surface area contributed by atoms with Gasteiger partial charge < -0.3 is 9.64 Å². The van der Waals surface area contributed by atoms with E-state index in [1.807, 2.05) is 38.1 Å². The third-order valence-corrected chi connectivity index (χ3v) is 9.90. The number of carbonyl (C=O) groups excluding carboxylic acids is 1. The molecule has 0 radical (unpaired) electrons. The molecule has 4 aromatic rings. The summed E-state index contributed by atoms with van der Waals surface area (Å²) in [6.45, 7) is 4.76. The number of hydrogen-bond donors (Lipinski definition) is 1. The summed E-state index contributed by atoms with van der Waals surface area (Å²) < 4.78 is 50.6. The average molecular weight is 619 g/mol. The fourth-order valence-electron chi connectivity index (χ4n) is 6.47. The number of likely N-dealkylation sites (tertiary alicyclic amines) is 1. The van der Waals surface area contributed by atoms with Crippen LogP contribution in [-0.2, 0) is 27.3 Å². The van der Waals surface area contributed by atoms with Crippen LogP contribution in [0, 0.1) is 19.7 Å². The van der Waals surface area contributed by atoms with Crippen LogP contribution in [0.25, 0.3) is 11.3 Å². The van der Waals surface area contributed by atoms with E-state index in [1.165, 1.54) is 29.2 Å². The van der Waals surface area contributed by atoms with Crippen LogP contribution in [0.4, 0.5) is 10.3 Å². The minimum atomic E-state index is -4.01. The Hall–Kier alpha value is -4.32. The molecule has 0 spiro atoms. The molecule has 1 saturated heterocycles. The van der Waals surface area contributed by atoms with Crippen molar-refractivity contribution in [1.29, 1.82) is 0 Å². The van der Waals surface area contributed by atoms with E-state index in [1.54, 1.807) is 24.1 Å². The first-order valence-electron chi connectivity index (χ1n) is 14.7. The van der Waals surface area contributed by atoms with Crippen LogP contribution in [-0.4, -0.2) is 58.2 Å². The molecule has 6 rings (SSSR count). The van der Waals surface area contributed by atoms with Crippen LogP contribution in [0.3, 0.4) is 0 Å². The van der Waals surface area contributed by atoms with Gasteiger partial charge >= 0.3 is 0 Å². The zero-order chi connectivity index (χ0) is 31.1. The monoisotopic (exact) mass is 618 g/mol. The number of rotatable bonds is 8. The lowest BCUT2D eigenvalue weighted by Gasteiger charge is -2.33. The van der Waals surface area contributed by atoms with Crippen molar-refractivity contribution in [2.45, 2.75) is 62.4 Å². The highest BCUT2D eigenvalue weighted by Crippen LogP contribution is 2.43. The smallest absolute Gasteiger partial charge is 0.267 e. The van der Waals surface area contributed by atoms with Gasteiger partial charge in [0.05, 0.1) is 23.9 Å². The van der Waals surface area contributed by atoms with E-state index in [0.29, 0.717) is 38.0 Å². The Morgan fingerprint density at radius 2 is 1.80 bits per heavy atom. The van der Waals surface area contributed by atoms with Gasteiger partial charge in [-0.05, 0) is 55.5 Å². The number of sulfonamides is 1. The number of aromatic nitrogens is 4. The Bertz CT molecular complexity index is 1800. The molecule has 10 nitrogen and oxygen atoms in total. The highest BCUT2D eigenvalue weighted by atomic mass is 32.2. The predicted octanol–water partition coefficient (Wildman–Crippen LogP) is 4.93. The van der Waals surface area contributed by atoms with E-state index in [2.05, 4.69) is 19.8 Å². The first kappa shape index (κ1) is 29.7. The first-order chi connectivity index (χ1) is 21.0. The molecule has 12 heteroatoms. The lowest BCUT2D eigenvalue weighted by Crippen LogP contribution is -2.45. The van der Waals surface area contributed by atoms with Crippen LogP contribution in [0.2, 0.25) is 0 Å². The van der Waals surface area contributed by atoms with Crippen LogP contribution in [0.15, 0.2) is 65.8 Å². The lowest BCUT2D eigenvalue weighted by atomic mass is 9.77. The highest BCUT2D eigenvalue weighted by Gasteiger charge is 2.46. The SMILES string of the molecule is Cc1cccc(C)c1-c1cc(OC2CCN(C(=O)C3(c4cccc(F)c4)CCCC3)C2)nc(NS(=O)(=O)c2cnn(C)c2)n1. The number of benzene rings is 2. The Morgan fingerprint density at radius 1 is 1.07 bits per heavy atom. The maximum Gasteiger partial charge on any atom is 0.267 e. The minimum Gasteiger partial charge on any atom is -0.472 e. The maximum atomic E-state index is 14.2. The average Bonchev–Trinajstić information content (AvgIpc) is 3.74. The minimum absolute atomic E-state index is 0.00414. The summed E-state index contributed by atoms with van der Waals surface area (Å²) in [5.74, 6) is -0.286. The number of carbonyl (C=O) groups is 1. The molecular weight excluding hydrogens is 583 g/mol. The first-order valence-corrected chi connectivity index (χ1v) is 16.2. The second kappa shape index (κ2) is 11.6. The van der Waals surface area contributed by atoms with Gasteiger partial charge in [0.1, 0.15) is 16.8 Å². The van der Waals surface area contributed by atoms with Gasteiger partial charge in [0.2, 0.25) is 17.7 Å². The summed E-state index contributed by atoms with van der Waals surface area (Å²) in [6, 6.07) is 14.0.